The van der Waals surface area contributed by atoms with Crippen LogP contribution >= 0.6 is 0 Å². The van der Waals surface area contributed by atoms with Crippen LogP contribution in [0.5, 0.6) is 5.75 Å². The molecule has 1 aliphatic rings. The number of rotatable bonds is 7. The normalized spacial score (nSPS) is 14.8. The SMILES string of the molecule is COc1cccc(-c2cc(NC(=O)Cc3ccc(CN4CCN(C)CC4)cc3)ncn2)c1. The van der Waals surface area contributed by atoms with Crippen LogP contribution in [0.3, 0.4) is 0 Å². The van der Waals surface area contributed by atoms with Gasteiger partial charge in [0.2, 0.25) is 5.91 Å². The minimum atomic E-state index is -0.105. The van der Waals surface area contributed by atoms with Crippen molar-refractivity contribution in [2.75, 3.05) is 45.7 Å². The molecule has 7 heteroatoms. The number of ether oxygens (including phenoxy) is 1. The molecular weight excluding hydrogens is 402 g/mol. The Morgan fingerprint density at radius 3 is 2.50 bits per heavy atom. The summed E-state index contributed by atoms with van der Waals surface area (Å²) < 4.78 is 5.27. The van der Waals surface area contributed by atoms with Crippen LogP contribution in [-0.4, -0.2) is 66.0 Å². The lowest BCUT2D eigenvalue weighted by molar-refractivity contribution is -0.115. The number of aromatic nitrogens is 2. The molecule has 4 rings (SSSR count). The van der Waals surface area contributed by atoms with E-state index in [1.54, 1.807) is 13.2 Å². The monoisotopic (exact) mass is 431 g/mol. The predicted octanol–water partition coefficient (Wildman–Crippen LogP) is 3.08. The highest BCUT2D eigenvalue weighted by Crippen LogP contribution is 2.23. The molecule has 3 aromatic rings. The lowest BCUT2D eigenvalue weighted by Gasteiger charge is -2.32. The minimum Gasteiger partial charge on any atom is -0.497 e. The number of nitrogens with one attached hydrogen (secondary N) is 1. The number of anilines is 1. The average Bonchev–Trinajstić information content (AvgIpc) is 2.82. The first-order valence-electron chi connectivity index (χ1n) is 10.8. The van der Waals surface area contributed by atoms with E-state index in [1.807, 2.05) is 36.4 Å². The van der Waals surface area contributed by atoms with Crippen LogP contribution in [0.15, 0.2) is 60.9 Å². The fourth-order valence-corrected chi connectivity index (χ4v) is 3.77. The van der Waals surface area contributed by atoms with Gasteiger partial charge in [-0.3, -0.25) is 9.69 Å². The number of carbonyl (C=O) groups is 1. The maximum absolute atomic E-state index is 12.6. The van der Waals surface area contributed by atoms with E-state index in [-0.39, 0.29) is 5.91 Å². The Kier molecular flexibility index (Phi) is 7.09. The lowest BCUT2D eigenvalue weighted by Crippen LogP contribution is -2.43. The molecule has 7 nitrogen and oxygen atoms in total. The zero-order chi connectivity index (χ0) is 22.3. The number of hydrogen-bond acceptors (Lipinski definition) is 6. The molecule has 32 heavy (non-hydrogen) atoms. The molecule has 0 spiro atoms. The number of likely N-dealkylation sites (N-methyl/N-ethyl adjacent to an activating group) is 1. The van der Waals surface area contributed by atoms with Gasteiger partial charge in [-0.15, -0.1) is 0 Å². The summed E-state index contributed by atoms with van der Waals surface area (Å²) in [4.78, 5) is 25.9. The van der Waals surface area contributed by atoms with Gasteiger partial charge in [-0.05, 0) is 30.3 Å². The van der Waals surface area contributed by atoms with Crippen molar-refractivity contribution in [3.05, 3.63) is 72.1 Å². The Morgan fingerprint density at radius 2 is 1.75 bits per heavy atom. The van der Waals surface area contributed by atoms with E-state index in [4.69, 9.17) is 4.74 Å². The van der Waals surface area contributed by atoms with Gasteiger partial charge in [-0.1, -0.05) is 36.4 Å². The number of amides is 1. The second kappa shape index (κ2) is 10.3. The fraction of sp³-hybridized carbons (Fsp3) is 0.320. The van der Waals surface area contributed by atoms with Crippen molar-refractivity contribution in [2.24, 2.45) is 0 Å². The molecule has 0 saturated carbocycles. The van der Waals surface area contributed by atoms with Crippen LogP contribution in [0.4, 0.5) is 5.82 Å². The van der Waals surface area contributed by atoms with E-state index in [0.717, 1.165) is 55.3 Å². The van der Waals surface area contributed by atoms with Gasteiger partial charge in [0, 0.05) is 44.4 Å². The van der Waals surface area contributed by atoms with Crippen molar-refractivity contribution in [1.82, 2.24) is 19.8 Å². The van der Waals surface area contributed by atoms with Gasteiger partial charge < -0.3 is 15.0 Å². The number of carbonyl (C=O) groups excluding carboxylic acids is 1. The van der Waals surface area contributed by atoms with Gasteiger partial charge in [0.1, 0.15) is 17.9 Å². The van der Waals surface area contributed by atoms with Gasteiger partial charge in [-0.2, -0.15) is 0 Å². The van der Waals surface area contributed by atoms with E-state index >= 15 is 0 Å². The predicted molar refractivity (Wildman–Crippen MR) is 126 cm³/mol. The first-order valence-corrected chi connectivity index (χ1v) is 10.8. The van der Waals surface area contributed by atoms with Crippen LogP contribution in [0.1, 0.15) is 11.1 Å². The minimum absolute atomic E-state index is 0.105. The number of methoxy groups -OCH3 is 1. The van der Waals surface area contributed by atoms with Crippen molar-refractivity contribution in [3.63, 3.8) is 0 Å². The van der Waals surface area contributed by atoms with Crippen LogP contribution in [0.2, 0.25) is 0 Å². The molecule has 0 aliphatic carbocycles. The van der Waals surface area contributed by atoms with E-state index in [2.05, 4.69) is 44.3 Å². The largest absolute Gasteiger partial charge is 0.497 e. The fourth-order valence-electron chi connectivity index (χ4n) is 3.77. The van der Waals surface area contributed by atoms with Crippen molar-refractivity contribution in [2.45, 2.75) is 13.0 Å². The summed E-state index contributed by atoms with van der Waals surface area (Å²) >= 11 is 0. The number of benzene rings is 2. The highest BCUT2D eigenvalue weighted by molar-refractivity contribution is 5.91. The third-order valence-corrected chi connectivity index (χ3v) is 5.69. The second-order valence-corrected chi connectivity index (χ2v) is 8.14. The first kappa shape index (κ1) is 21.9. The quantitative estimate of drug-likeness (QED) is 0.620. The molecule has 1 N–H and O–H groups in total. The summed E-state index contributed by atoms with van der Waals surface area (Å²) in [5, 5.41) is 2.88. The maximum atomic E-state index is 12.6. The Bertz CT molecular complexity index is 1050. The summed E-state index contributed by atoms with van der Waals surface area (Å²) in [6.07, 6.45) is 1.75. The van der Waals surface area contributed by atoms with Crippen molar-refractivity contribution in [3.8, 4) is 17.0 Å². The van der Waals surface area contributed by atoms with Crippen LogP contribution in [0.25, 0.3) is 11.3 Å². The molecule has 1 aromatic heterocycles. The molecule has 1 fully saturated rings. The molecule has 2 heterocycles. The van der Waals surface area contributed by atoms with Crippen molar-refractivity contribution in [1.29, 1.82) is 0 Å². The molecule has 0 atom stereocenters. The summed E-state index contributed by atoms with van der Waals surface area (Å²) in [5.41, 5.74) is 3.88. The molecule has 2 aromatic carbocycles. The summed E-state index contributed by atoms with van der Waals surface area (Å²) in [7, 11) is 3.79. The van der Waals surface area contributed by atoms with Crippen LogP contribution < -0.4 is 10.1 Å². The van der Waals surface area contributed by atoms with Crippen molar-refractivity contribution < 1.29 is 9.53 Å². The average molecular weight is 432 g/mol. The molecule has 1 aliphatic heterocycles. The van der Waals surface area contributed by atoms with E-state index in [1.165, 1.54) is 11.9 Å². The smallest absolute Gasteiger partial charge is 0.229 e. The van der Waals surface area contributed by atoms with Gasteiger partial charge in [0.25, 0.3) is 0 Å². The number of nitrogens with zero attached hydrogens (tertiary/aromatic N) is 4. The van der Waals surface area contributed by atoms with Gasteiger partial charge in [-0.25, -0.2) is 9.97 Å². The molecular formula is C25H29N5O2. The van der Waals surface area contributed by atoms with Gasteiger partial charge >= 0.3 is 0 Å². The van der Waals surface area contributed by atoms with Gasteiger partial charge in [0.05, 0.1) is 19.2 Å². The molecule has 0 bridgehead atoms. The molecule has 1 amide bonds. The van der Waals surface area contributed by atoms with E-state index in [9.17, 15) is 4.79 Å². The Labute approximate surface area is 189 Å². The highest BCUT2D eigenvalue weighted by Gasteiger charge is 2.14. The Hall–Kier alpha value is -3.29. The number of hydrogen-bond donors (Lipinski definition) is 1. The third kappa shape index (κ3) is 5.90. The summed E-state index contributed by atoms with van der Waals surface area (Å²) in [6, 6.07) is 17.7. The van der Waals surface area contributed by atoms with Gasteiger partial charge in [0.15, 0.2) is 0 Å². The summed E-state index contributed by atoms with van der Waals surface area (Å²) in [6.45, 7) is 5.37. The Balaban J connectivity index is 1.33. The topological polar surface area (TPSA) is 70.6 Å². The molecule has 1 saturated heterocycles. The van der Waals surface area contributed by atoms with E-state index in [0.29, 0.717) is 12.2 Å². The van der Waals surface area contributed by atoms with Crippen LogP contribution in [-0.2, 0) is 17.8 Å². The Morgan fingerprint density at radius 1 is 1.00 bits per heavy atom. The standard InChI is InChI=1S/C25H29N5O2/c1-29-10-12-30(13-11-29)17-20-8-6-19(7-9-20)14-25(31)28-24-16-23(26-18-27-24)21-4-3-5-22(15-21)32-2/h3-9,15-16,18H,10-14,17H2,1-2H3,(H,26,27,28,31). The zero-order valence-electron chi connectivity index (χ0n) is 18.6. The van der Waals surface area contributed by atoms with E-state index < -0.39 is 0 Å². The lowest BCUT2D eigenvalue weighted by atomic mass is 10.1. The second-order valence-electron chi connectivity index (χ2n) is 8.14. The van der Waals surface area contributed by atoms with Crippen molar-refractivity contribution >= 4 is 11.7 Å². The molecule has 0 unspecified atom stereocenters. The van der Waals surface area contributed by atoms with Crippen LogP contribution in [0, 0.1) is 0 Å². The third-order valence-electron chi connectivity index (χ3n) is 5.69. The summed E-state index contributed by atoms with van der Waals surface area (Å²) in [5.74, 6) is 1.13. The molecule has 0 radical (unpaired) electrons. The zero-order valence-corrected chi connectivity index (χ0v) is 18.6. The maximum Gasteiger partial charge on any atom is 0.229 e. The molecule has 166 valence electrons. The highest BCUT2D eigenvalue weighted by atomic mass is 16.5. The number of piperazine rings is 1. The first-order chi connectivity index (χ1) is 15.6.